The summed E-state index contributed by atoms with van der Waals surface area (Å²) >= 11 is 7.48. The van der Waals surface area contributed by atoms with Gasteiger partial charge in [0.15, 0.2) is 5.96 Å². The lowest BCUT2D eigenvalue weighted by atomic mass is 10.2. The Morgan fingerprint density at radius 1 is 1.27 bits per heavy atom. The van der Waals surface area contributed by atoms with Gasteiger partial charge in [-0.2, -0.15) is 0 Å². The number of hydrogen-bond acceptors (Lipinski definition) is 4. The van der Waals surface area contributed by atoms with Gasteiger partial charge in [-0.05, 0) is 44.5 Å². The highest BCUT2D eigenvalue weighted by Crippen LogP contribution is 2.14. The number of carbonyl (C=O) groups excluding carboxylic acids is 1. The van der Waals surface area contributed by atoms with Crippen molar-refractivity contribution in [3.63, 3.8) is 0 Å². The minimum Gasteiger partial charge on any atom is -0.357 e. The Balaban J connectivity index is 1.71. The van der Waals surface area contributed by atoms with Gasteiger partial charge in [0.1, 0.15) is 5.01 Å². The molecule has 1 heterocycles. The number of aryl methyl sites for hydroxylation is 1. The van der Waals surface area contributed by atoms with E-state index in [2.05, 4.69) is 25.9 Å². The first kappa shape index (κ1) is 20.2. The summed E-state index contributed by atoms with van der Waals surface area (Å²) in [6, 6.07) is 7.08. The van der Waals surface area contributed by atoms with E-state index in [4.69, 9.17) is 11.6 Å². The molecule has 0 saturated heterocycles. The first-order valence-electron chi connectivity index (χ1n) is 8.55. The largest absolute Gasteiger partial charge is 0.357 e. The fraction of sp³-hybridized carbons (Fsp3) is 0.389. The second kappa shape index (κ2) is 10.8. The fourth-order valence-corrected chi connectivity index (χ4v) is 3.01. The van der Waals surface area contributed by atoms with Gasteiger partial charge in [0.05, 0.1) is 6.54 Å². The number of benzene rings is 1. The lowest BCUT2D eigenvalue weighted by Gasteiger charge is -2.11. The maximum Gasteiger partial charge on any atom is 0.224 e. The van der Waals surface area contributed by atoms with Crippen molar-refractivity contribution in [2.75, 3.05) is 18.4 Å². The van der Waals surface area contributed by atoms with E-state index in [1.54, 1.807) is 35.6 Å². The Labute approximate surface area is 163 Å². The summed E-state index contributed by atoms with van der Waals surface area (Å²) < 4.78 is 0. The molecule has 0 aliphatic rings. The molecule has 26 heavy (non-hydrogen) atoms. The Bertz CT molecular complexity index is 729. The Morgan fingerprint density at radius 3 is 2.69 bits per heavy atom. The molecule has 0 atom stereocenters. The van der Waals surface area contributed by atoms with Crippen molar-refractivity contribution in [3.05, 3.63) is 45.4 Å². The molecule has 0 saturated carbocycles. The number of halogens is 1. The Kier molecular flexibility index (Phi) is 8.37. The number of nitrogens with zero attached hydrogens (tertiary/aromatic N) is 2. The molecule has 0 fully saturated rings. The van der Waals surface area contributed by atoms with Crippen LogP contribution in [0.3, 0.4) is 0 Å². The monoisotopic (exact) mass is 393 g/mol. The van der Waals surface area contributed by atoms with Crippen molar-refractivity contribution < 1.29 is 4.79 Å². The van der Waals surface area contributed by atoms with Crippen LogP contribution in [0, 0.1) is 6.92 Å². The number of aliphatic imine (C=N–C) groups is 1. The predicted molar refractivity (Wildman–Crippen MR) is 109 cm³/mol. The molecule has 0 radical (unpaired) electrons. The van der Waals surface area contributed by atoms with Crippen LogP contribution < -0.4 is 16.0 Å². The maximum absolute atomic E-state index is 12.0. The number of aromatic nitrogens is 1. The average Bonchev–Trinajstić information content (AvgIpc) is 3.04. The third-order valence-electron chi connectivity index (χ3n) is 3.39. The van der Waals surface area contributed by atoms with Gasteiger partial charge in [0, 0.05) is 41.3 Å². The van der Waals surface area contributed by atoms with Crippen molar-refractivity contribution in [2.24, 2.45) is 4.99 Å². The summed E-state index contributed by atoms with van der Waals surface area (Å²) in [5.41, 5.74) is 0.751. The molecule has 2 aromatic rings. The second-order valence-corrected chi connectivity index (χ2v) is 7.40. The van der Waals surface area contributed by atoms with Crippen molar-refractivity contribution in [3.8, 4) is 0 Å². The third-order valence-corrected chi connectivity index (χ3v) is 4.54. The fourth-order valence-electron chi connectivity index (χ4n) is 2.18. The number of carbonyl (C=O) groups is 1. The average molecular weight is 394 g/mol. The minimum atomic E-state index is -0.0191. The van der Waals surface area contributed by atoms with Crippen molar-refractivity contribution in [1.82, 2.24) is 15.6 Å². The first-order valence-corrected chi connectivity index (χ1v) is 9.75. The molecule has 0 aliphatic heterocycles. The molecule has 0 aliphatic carbocycles. The molecule has 8 heteroatoms. The number of nitrogens with one attached hydrogen (secondary N) is 3. The number of anilines is 1. The van der Waals surface area contributed by atoms with Gasteiger partial charge >= 0.3 is 0 Å². The molecule has 0 unspecified atom stereocenters. The lowest BCUT2D eigenvalue weighted by Crippen LogP contribution is -2.38. The summed E-state index contributed by atoms with van der Waals surface area (Å²) in [5.74, 6) is 0.716. The minimum absolute atomic E-state index is 0.0191. The highest BCUT2D eigenvalue weighted by molar-refractivity contribution is 7.11. The zero-order valence-electron chi connectivity index (χ0n) is 15.0. The molecule has 0 spiro atoms. The smallest absolute Gasteiger partial charge is 0.224 e. The zero-order chi connectivity index (χ0) is 18.8. The van der Waals surface area contributed by atoms with Gasteiger partial charge in [-0.3, -0.25) is 4.79 Å². The molecule has 2 rings (SSSR count). The Morgan fingerprint density at radius 2 is 2.04 bits per heavy atom. The van der Waals surface area contributed by atoms with Crippen LogP contribution in [0.1, 0.15) is 29.7 Å². The molecule has 0 bridgehead atoms. The molecule has 1 amide bonds. The van der Waals surface area contributed by atoms with Gasteiger partial charge in [0.2, 0.25) is 5.91 Å². The standard InChI is InChI=1S/C18H24ClN5OS/c1-3-20-18(23-12-17-22-11-13(2)26-17)21-10-4-5-16(25)24-15-8-6-14(19)7-9-15/h6-9,11H,3-5,10,12H2,1-2H3,(H,24,25)(H2,20,21,23). The van der Waals surface area contributed by atoms with Gasteiger partial charge < -0.3 is 16.0 Å². The number of guanidine groups is 1. The van der Waals surface area contributed by atoms with Crippen molar-refractivity contribution in [2.45, 2.75) is 33.2 Å². The normalized spacial score (nSPS) is 11.3. The van der Waals surface area contributed by atoms with E-state index in [1.807, 2.05) is 20.0 Å². The van der Waals surface area contributed by atoms with Crippen LogP contribution in [-0.2, 0) is 11.3 Å². The van der Waals surface area contributed by atoms with Crippen LogP contribution in [0.5, 0.6) is 0 Å². The molecular formula is C18H24ClN5OS. The zero-order valence-corrected chi connectivity index (χ0v) is 16.6. The van der Waals surface area contributed by atoms with Gasteiger partial charge in [-0.1, -0.05) is 11.6 Å². The third kappa shape index (κ3) is 7.41. The van der Waals surface area contributed by atoms with E-state index in [1.165, 1.54) is 4.88 Å². The van der Waals surface area contributed by atoms with Crippen LogP contribution >= 0.6 is 22.9 Å². The SMILES string of the molecule is CCNC(=NCc1ncc(C)s1)NCCCC(=O)Nc1ccc(Cl)cc1. The summed E-state index contributed by atoms with van der Waals surface area (Å²) in [7, 11) is 0. The van der Waals surface area contributed by atoms with E-state index in [-0.39, 0.29) is 5.91 Å². The van der Waals surface area contributed by atoms with Gasteiger partial charge in [-0.25, -0.2) is 9.98 Å². The van der Waals surface area contributed by atoms with E-state index < -0.39 is 0 Å². The summed E-state index contributed by atoms with van der Waals surface area (Å²) in [4.78, 5) is 22.0. The van der Waals surface area contributed by atoms with E-state index in [9.17, 15) is 4.79 Å². The molecule has 6 nitrogen and oxygen atoms in total. The van der Waals surface area contributed by atoms with Crippen molar-refractivity contribution >= 4 is 40.5 Å². The molecule has 1 aromatic carbocycles. The van der Waals surface area contributed by atoms with E-state index >= 15 is 0 Å². The number of rotatable bonds is 8. The van der Waals surface area contributed by atoms with Crippen LogP contribution in [0.25, 0.3) is 0 Å². The summed E-state index contributed by atoms with van der Waals surface area (Å²) in [6.45, 7) is 6.04. The van der Waals surface area contributed by atoms with Crippen molar-refractivity contribution in [1.29, 1.82) is 0 Å². The number of amides is 1. The number of thiazole rings is 1. The second-order valence-electron chi connectivity index (χ2n) is 5.65. The lowest BCUT2D eigenvalue weighted by molar-refractivity contribution is -0.116. The van der Waals surface area contributed by atoms with Crippen LogP contribution in [0.2, 0.25) is 5.02 Å². The summed E-state index contributed by atoms with van der Waals surface area (Å²) in [5, 5.41) is 10.9. The molecular weight excluding hydrogens is 370 g/mol. The molecule has 140 valence electrons. The highest BCUT2D eigenvalue weighted by Gasteiger charge is 2.04. The molecule has 3 N–H and O–H groups in total. The first-order chi connectivity index (χ1) is 12.6. The predicted octanol–water partition coefficient (Wildman–Crippen LogP) is 3.58. The van der Waals surface area contributed by atoms with E-state index in [0.717, 1.165) is 23.2 Å². The topological polar surface area (TPSA) is 78.4 Å². The van der Waals surface area contributed by atoms with Crippen LogP contribution in [0.4, 0.5) is 5.69 Å². The quantitative estimate of drug-likeness (QED) is 0.364. The Hall–Kier alpha value is -2.12. The summed E-state index contributed by atoms with van der Waals surface area (Å²) in [6.07, 6.45) is 3.00. The highest BCUT2D eigenvalue weighted by atomic mass is 35.5. The van der Waals surface area contributed by atoms with Crippen LogP contribution in [0.15, 0.2) is 35.5 Å². The number of hydrogen-bond donors (Lipinski definition) is 3. The van der Waals surface area contributed by atoms with E-state index in [0.29, 0.717) is 31.0 Å². The van der Waals surface area contributed by atoms with Gasteiger partial charge in [-0.15, -0.1) is 11.3 Å². The van der Waals surface area contributed by atoms with Crippen LogP contribution in [-0.4, -0.2) is 29.9 Å². The van der Waals surface area contributed by atoms with Gasteiger partial charge in [0.25, 0.3) is 0 Å². The molecule has 1 aromatic heterocycles. The maximum atomic E-state index is 12.0.